The standard InChI is InChI=1S/C13H19NO2/c1-9-5-7-10(8-6-9)11(15)12(16)14-13(2,3)4/h5-8,11,15H,1-4H3,(H,14,16). The highest BCUT2D eigenvalue weighted by Crippen LogP contribution is 2.15. The van der Waals surface area contributed by atoms with Crippen molar-refractivity contribution >= 4 is 5.91 Å². The van der Waals surface area contributed by atoms with Crippen molar-refractivity contribution in [3.8, 4) is 0 Å². The van der Waals surface area contributed by atoms with Gasteiger partial charge < -0.3 is 10.4 Å². The average molecular weight is 221 g/mol. The van der Waals surface area contributed by atoms with Crippen LogP contribution in [0.2, 0.25) is 0 Å². The van der Waals surface area contributed by atoms with E-state index in [-0.39, 0.29) is 11.4 Å². The summed E-state index contributed by atoms with van der Waals surface area (Å²) < 4.78 is 0. The van der Waals surface area contributed by atoms with Gasteiger partial charge >= 0.3 is 0 Å². The van der Waals surface area contributed by atoms with Gasteiger partial charge in [0.2, 0.25) is 0 Å². The fourth-order valence-corrected chi connectivity index (χ4v) is 1.34. The van der Waals surface area contributed by atoms with Gasteiger partial charge in [0.05, 0.1) is 0 Å². The predicted octanol–water partition coefficient (Wildman–Crippen LogP) is 1.94. The van der Waals surface area contributed by atoms with E-state index in [9.17, 15) is 9.90 Å². The van der Waals surface area contributed by atoms with Gasteiger partial charge in [0.15, 0.2) is 6.10 Å². The number of hydrogen-bond donors (Lipinski definition) is 2. The minimum Gasteiger partial charge on any atom is -0.378 e. The Hall–Kier alpha value is -1.35. The van der Waals surface area contributed by atoms with Crippen molar-refractivity contribution in [2.24, 2.45) is 0 Å². The van der Waals surface area contributed by atoms with Crippen LogP contribution >= 0.6 is 0 Å². The number of nitrogens with one attached hydrogen (secondary N) is 1. The van der Waals surface area contributed by atoms with Crippen molar-refractivity contribution in [3.05, 3.63) is 35.4 Å². The Bertz CT molecular complexity index is 363. The van der Waals surface area contributed by atoms with Crippen LogP contribution in [-0.2, 0) is 4.79 Å². The largest absolute Gasteiger partial charge is 0.378 e. The molecule has 0 heterocycles. The molecule has 1 aromatic carbocycles. The van der Waals surface area contributed by atoms with E-state index in [1.165, 1.54) is 0 Å². The number of aliphatic hydroxyl groups excluding tert-OH is 1. The maximum atomic E-state index is 11.7. The van der Waals surface area contributed by atoms with Crippen molar-refractivity contribution in [3.63, 3.8) is 0 Å². The van der Waals surface area contributed by atoms with Crippen molar-refractivity contribution in [1.82, 2.24) is 5.32 Å². The van der Waals surface area contributed by atoms with Gasteiger partial charge in [-0.05, 0) is 33.3 Å². The molecule has 2 N–H and O–H groups in total. The molecular formula is C13H19NO2. The lowest BCUT2D eigenvalue weighted by Crippen LogP contribution is -2.43. The molecule has 0 aliphatic rings. The second kappa shape index (κ2) is 4.66. The van der Waals surface area contributed by atoms with Gasteiger partial charge in [-0.3, -0.25) is 4.79 Å². The summed E-state index contributed by atoms with van der Waals surface area (Å²) in [5, 5.41) is 12.6. The summed E-state index contributed by atoms with van der Waals surface area (Å²) in [6.07, 6.45) is -1.10. The van der Waals surface area contributed by atoms with Crippen LogP contribution in [0.3, 0.4) is 0 Å². The van der Waals surface area contributed by atoms with Gasteiger partial charge in [0.25, 0.3) is 5.91 Å². The third kappa shape index (κ3) is 3.66. The maximum Gasteiger partial charge on any atom is 0.253 e. The molecule has 1 rings (SSSR count). The summed E-state index contributed by atoms with van der Waals surface area (Å²) in [7, 11) is 0. The summed E-state index contributed by atoms with van der Waals surface area (Å²) >= 11 is 0. The number of aryl methyl sites for hydroxylation is 1. The molecule has 0 saturated heterocycles. The van der Waals surface area contributed by atoms with Gasteiger partial charge in [-0.2, -0.15) is 0 Å². The molecule has 88 valence electrons. The van der Waals surface area contributed by atoms with E-state index < -0.39 is 6.10 Å². The van der Waals surface area contributed by atoms with E-state index in [1.807, 2.05) is 39.8 Å². The molecule has 0 radical (unpaired) electrons. The van der Waals surface area contributed by atoms with Gasteiger partial charge in [0, 0.05) is 5.54 Å². The molecule has 0 fully saturated rings. The summed E-state index contributed by atoms with van der Waals surface area (Å²) in [6, 6.07) is 7.29. The lowest BCUT2D eigenvalue weighted by molar-refractivity contribution is -0.131. The topological polar surface area (TPSA) is 49.3 Å². The Morgan fingerprint density at radius 2 is 1.75 bits per heavy atom. The third-order valence-electron chi connectivity index (χ3n) is 2.14. The third-order valence-corrected chi connectivity index (χ3v) is 2.14. The average Bonchev–Trinajstić information content (AvgIpc) is 2.15. The monoisotopic (exact) mass is 221 g/mol. The van der Waals surface area contributed by atoms with Crippen molar-refractivity contribution in [2.45, 2.75) is 39.3 Å². The van der Waals surface area contributed by atoms with E-state index in [1.54, 1.807) is 12.1 Å². The number of hydrogen-bond acceptors (Lipinski definition) is 2. The first-order chi connectivity index (χ1) is 7.29. The van der Waals surface area contributed by atoms with E-state index in [0.717, 1.165) is 5.56 Å². The molecule has 1 amide bonds. The highest BCUT2D eigenvalue weighted by molar-refractivity contribution is 5.82. The molecule has 3 heteroatoms. The second-order valence-electron chi connectivity index (χ2n) is 5.05. The molecule has 1 atom stereocenters. The molecule has 3 nitrogen and oxygen atoms in total. The Morgan fingerprint density at radius 3 is 2.19 bits per heavy atom. The number of carbonyl (C=O) groups excluding carboxylic acids is 1. The first kappa shape index (κ1) is 12.7. The number of amides is 1. The van der Waals surface area contributed by atoms with Crippen LogP contribution in [0.4, 0.5) is 0 Å². The van der Waals surface area contributed by atoms with E-state index in [2.05, 4.69) is 5.32 Å². The van der Waals surface area contributed by atoms with Crippen LogP contribution < -0.4 is 5.32 Å². The Morgan fingerprint density at radius 1 is 1.25 bits per heavy atom. The molecular weight excluding hydrogens is 202 g/mol. The van der Waals surface area contributed by atoms with Crippen molar-refractivity contribution in [2.75, 3.05) is 0 Å². The number of carbonyl (C=O) groups is 1. The van der Waals surface area contributed by atoms with Crippen LogP contribution in [-0.4, -0.2) is 16.6 Å². The fraction of sp³-hybridized carbons (Fsp3) is 0.462. The lowest BCUT2D eigenvalue weighted by Gasteiger charge is -2.22. The van der Waals surface area contributed by atoms with Gasteiger partial charge in [-0.25, -0.2) is 0 Å². The van der Waals surface area contributed by atoms with Crippen LogP contribution in [0.15, 0.2) is 24.3 Å². The molecule has 1 aromatic rings. The molecule has 0 spiro atoms. The predicted molar refractivity (Wildman–Crippen MR) is 64.0 cm³/mol. The molecule has 0 bridgehead atoms. The van der Waals surface area contributed by atoms with E-state index >= 15 is 0 Å². The normalized spacial score (nSPS) is 13.3. The fourth-order valence-electron chi connectivity index (χ4n) is 1.34. The van der Waals surface area contributed by atoms with Gasteiger partial charge in [0.1, 0.15) is 0 Å². The number of aliphatic hydroxyl groups is 1. The van der Waals surface area contributed by atoms with Gasteiger partial charge in [-0.15, -0.1) is 0 Å². The molecule has 0 aliphatic carbocycles. The summed E-state index contributed by atoms with van der Waals surface area (Å²) in [6.45, 7) is 7.61. The zero-order valence-electron chi connectivity index (χ0n) is 10.2. The minimum absolute atomic E-state index is 0.331. The maximum absolute atomic E-state index is 11.7. The van der Waals surface area contributed by atoms with Crippen LogP contribution in [0.5, 0.6) is 0 Å². The Kier molecular flexibility index (Phi) is 3.70. The molecule has 16 heavy (non-hydrogen) atoms. The smallest absolute Gasteiger partial charge is 0.253 e. The van der Waals surface area contributed by atoms with Gasteiger partial charge in [-0.1, -0.05) is 29.8 Å². The first-order valence-corrected chi connectivity index (χ1v) is 5.36. The van der Waals surface area contributed by atoms with Crippen LogP contribution in [0.25, 0.3) is 0 Å². The molecule has 0 aliphatic heterocycles. The SMILES string of the molecule is Cc1ccc(C(O)C(=O)NC(C)(C)C)cc1. The number of rotatable bonds is 2. The first-order valence-electron chi connectivity index (χ1n) is 5.36. The highest BCUT2D eigenvalue weighted by atomic mass is 16.3. The van der Waals surface area contributed by atoms with Crippen molar-refractivity contribution < 1.29 is 9.90 Å². The Balaban J connectivity index is 2.74. The zero-order chi connectivity index (χ0) is 12.3. The van der Waals surface area contributed by atoms with Crippen LogP contribution in [0.1, 0.15) is 38.0 Å². The summed E-state index contributed by atoms with van der Waals surface area (Å²) in [5.74, 6) is -0.364. The molecule has 1 unspecified atom stereocenters. The van der Waals surface area contributed by atoms with Crippen LogP contribution in [0, 0.1) is 6.92 Å². The molecule has 0 aromatic heterocycles. The zero-order valence-corrected chi connectivity index (χ0v) is 10.2. The summed E-state index contributed by atoms with van der Waals surface area (Å²) in [5.41, 5.74) is 1.39. The molecule has 0 saturated carbocycles. The quantitative estimate of drug-likeness (QED) is 0.802. The Labute approximate surface area is 96.5 Å². The lowest BCUT2D eigenvalue weighted by atomic mass is 10.0. The number of benzene rings is 1. The minimum atomic E-state index is -1.10. The summed E-state index contributed by atoms with van der Waals surface area (Å²) in [4.78, 5) is 11.7. The van der Waals surface area contributed by atoms with E-state index in [4.69, 9.17) is 0 Å². The second-order valence-corrected chi connectivity index (χ2v) is 5.05. The van der Waals surface area contributed by atoms with Crippen molar-refractivity contribution in [1.29, 1.82) is 0 Å². The highest BCUT2D eigenvalue weighted by Gasteiger charge is 2.21. The van der Waals surface area contributed by atoms with E-state index in [0.29, 0.717) is 5.56 Å².